The molecule has 2 aromatic carbocycles. The van der Waals surface area contributed by atoms with Crippen molar-refractivity contribution in [1.82, 2.24) is 9.78 Å². The molecule has 0 spiro atoms. The van der Waals surface area contributed by atoms with Gasteiger partial charge in [-0.3, -0.25) is 0 Å². The van der Waals surface area contributed by atoms with Crippen LogP contribution in [0.25, 0.3) is 11.4 Å². The highest BCUT2D eigenvalue weighted by Gasteiger charge is 2.08. The van der Waals surface area contributed by atoms with Crippen LogP contribution in [-0.2, 0) is 0 Å². The van der Waals surface area contributed by atoms with Crippen molar-refractivity contribution < 1.29 is 4.57 Å². The molecule has 1 heterocycles. The zero-order chi connectivity index (χ0) is 11.5. The lowest BCUT2D eigenvalue weighted by Crippen LogP contribution is -2.27. The Labute approximate surface area is 99.6 Å². The summed E-state index contributed by atoms with van der Waals surface area (Å²) >= 11 is 0. The average molecular weight is 222 g/mol. The summed E-state index contributed by atoms with van der Waals surface area (Å²) in [5.41, 5.74) is 2.16. The molecule has 0 atom stereocenters. The lowest BCUT2D eigenvalue weighted by molar-refractivity contribution is -0.596. The first kappa shape index (κ1) is 9.78. The van der Waals surface area contributed by atoms with Gasteiger partial charge < -0.3 is 0 Å². The van der Waals surface area contributed by atoms with Gasteiger partial charge in [-0.25, -0.2) is 4.57 Å². The fraction of sp³-hybridized carbons (Fsp3) is 0. The first-order valence-corrected chi connectivity index (χ1v) is 5.50. The predicted molar refractivity (Wildman–Crippen MR) is 65.1 cm³/mol. The van der Waals surface area contributed by atoms with E-state index in [1.54, 1.807) is 0 Å². The Morgan fingerprint density at radius 2 is 1.47 bits per heavy atom. The minimum atomic E-state index is 1.06. The summed E-state index contributed by atoms with van der Waals surface area (Å²) in [6.07, 6.45) is 3.77. The maximum Gasteiger partial charge on any atom is 0.270 e. The van der Waals surface area contributed by atoms with Crippen LogP contribution < -0.4 is 4.57 Å². The number of hydrogen-bond acceptors (Lipinski definition) is 1. The van der Waals surface area contributed by atoms with Crippen LogP contribution in [0, 0.1) is 0 Å². The molecule has 0 radical (unpaired) electrons. The molecule has 0 N–H and O–H groups in total. The molecule has 3 nitrogen and oxygen atoms in total. The van der Waals surface area contributed by atoms with Gasteiger partial charge in [-0.2, -0.15) is 0 Å². The first-order valence-electron chi connectivity index (χ1n) is 5.50. The zero-order valence-electron chi connectivity index (χ0n) is 9.27. The van der Waals surface area contributed by atoms with Gasteiger partial charge in [0.05, 0.1) is 0 Å². The van der Waals surface area contributed by atoms with E-state index in [0.717, 1.165) is 11.4 Å². The number of para-hydroxylation sites is 2. The topological polar surface area (TPSA) is 21.7 Å². The summed E-state index contributed by atoms with van der Waals surface area (Å²) in [6, 6.07) is 20.2. The number of aromatic nitrogens is 3. The molecule has 0 aliphatic rings. The van der Waals surface area contributed by atoms with E-state index in [-0.39, 0.29) is 0 Å². The van der Waals surface area contributed by atoms with Crippen LogP contribution in [0.1, 0.15) is 0 Å². The second-order valence-corrected chi connectivity index (χ2v) is 3.77. The lowest BCUT2D eigenvalue weighted by atomic mass is 10.3. The lowest BCUT2D eigenvalue weighted by Gasteiger charge is -1.93. The van der Waals surface area contributed by atoms with Gasteiger partial charge >= 0.3 is 0 Å². The third-order valence-electron chi connectivity index (χ3n) is 2.61. The summed E-state index contributed by atoms with van der Waals surface area (Å²) in [6.45, 7) is 0. The monoisotopic (exact) mass is 222 g/mol. The molecule has 1 aromatic heterocycles. The quantitative estimate of drug-likeness (QED) is 0.609. The smallest absolute Gasteiger partial charge is 0.203 e. The van der Waals surface area contributed by atoms with Crippen LogP contribution in [-0.4, -0.2) is 9.78 Å². The van der Waals surface area contributed by atoms with Crippen molar-refractivity contribution in [2.24, 2.45) is 0 Å². The molecule has 0 amide bonds. The highest BCUT2D eigenvalue weighted by molar-refractivity contribution is 5.29. The minimum Gasteiger partial charge on any atom is -0.203 e. The van der Waals surface area contributed by atoms with Crippen molar-refractivity contribution in [3.8, 4) is 11.4 Å². The molecular formula is C14H12N3+. The van der Waals surface area contributed by atoms with E-state index in [9.17, 15) is 0 Å². The highest BCUT2D eigenvalue weighted by atomic mass is 15.4. The summed E-state index contributed by atoms with van der Waals surface area (Å²) in [7, 11) is 0. The summed E-state index contributed by atoms with van der Waals surface area (Å²) in [5.74, 6) is 0. The number of benzene rings is 2. The van der Waals surface area contributed by atoms with Crippen LogP contribution in [0.3, 0.4) is 0 Å². The number of hydrogen-bond donors (Lipinski definition) is 0. The molecular weight excluding hydrogens is 210 g/mol. The molecule has 0 aliphatic heterocycles. The summed E-state index contributed by atoms with van der Waals surface area (Å²) in [4.78, 5) is 0. The Morgan fingerprint density at radius 1 is 0.824 bits per heavy atom. The number of rotatable bonds is 2. The molecule has 0 bridgehead atoms. The van der Waals surface area contributed by atoms with Crippen molar-refractivity contribution in [3.63, 3.8) is 0 Å². The normalized spacial score (nSPS) is 10.4. The number of nitrogens with zero attached hydrogens (tertiary/aromatic N) is 3. The van der Waals surface area contributed by atoms with Gasteiger partial charge in [0.25, 0.3) is 6.33 Å². The molecule has 3 aromatic rings. The Morgan fingerprint density at radius 3 is 2.18 bits per heavy atom. The van der Waals surface area contributed by atoms with Crippen molar-refractivity contribution >= 4 is 0 Å². The van der Waals surface area contributed by atoms with E-state index in [0.29, 0.717) is 0 Å². The maximum absolute atomic E-state index is 4.34. The maximum atomic E-state index is 4.34. The standard InChI is InChI=1S/C14H12N3/c1-3-7-13(8-4-1)16-11-15-17(12-16)14-9-5-2-6-10-14/h1-12H/q+1. The van der Waals surface area contributed by atoms with Gasteiger partial charge in [-0.05, 0) is 24.3 Å². The van der Waals surface area contributed by atoms with Crippen molar-refractivity contribution in [2.45, 2.75) is 0 Å². The fourth-order valence-corrected chi connectivity index (χ4v) is 1.74. The summed E-state index contributed by atoms with van der Waals surface area (Å²) in [5, 5.41) is 4.34. The molecule has 82 valence electrons. The molecule has 3 heteroatoms. The van der Waals surface area contributed by atoms with Gasteiger partial charge in [0.15, 0.2) is 0 Å². The zero-order valence-corrected chi connectivity index (χ0v) is 9.27. The average Bonchev–Trinajstić information content (AvgIpc) is 2.90. The van der Waals surface area contributed by atoms with Crippen LogP contribution >= 0.6 is 0 Å². The Bertz CT molecular complexity index is 546. The van der Waals surface area contributed by atoms with E-state index in [2.05, 4.69) is 17.2 Å². The molecule has 0 unspecified atom stereocenters. The molecule has 0 fully saturated rings. The Kier molecular flexibility index (Phi) is 2.43. The predicted octanol–water partition coefficient (Wildman–Crippen LogP) is 2.15. The fourth-order valence-electron chi connectivity index (χ4n) is 1.74. The van der Waals surface area contributed by atoms with Gasteiger partial charge in [0, 0.05) is 5.10 Å². The minimum absolute atomic E-state index is 1.06. The molecule has 0 aliphatic carbocycles. The molecule has 17 heavy (non-hydrogen) atoms. The summed E-state index contributed by atoms with van der Waals surface area (Å²) < 4.78 is 3.85. The Balaban J connectivity index is 1.99. The van der Waals surface area contributed by atoms with Crippen LogP contribution in [0.4, 0.5) is 0 Å². The van der Waals surface area contributed by atoms with Gasteiger partial charge in [0.2, 0.25) is 6.33 Å². The van der Waals surface area contributed by atoms with Gasteiger partial charge in [-0.15, -0.1) is 0 Å². The van der Waals surface area contributed by atoms with Gasteiger partial charge in [-0.1, -0.05) is 41.1 Å². The third kappa shape index (κ3) is 1.95. The SMILES string of the molecule is c1ccc(-n2c[n+](-c3ccccc3)cn2)cc1. The van der Waals surface area contributed by atoms with Crippen LogP contribution in [0.15, 0.2) is 73.3 Å². The second-order valence-electron chi connectivity index (χ2n) is 3.77. The van der Waals surface area contributed by atoms with E-state index < -0.39 is 0 Å². The third-order valence-corrected chi connectivity index (χ3v) is 2.61. The van der Waals surface area contributed by atoms with Gasteiger partial charge in [0.1, 0.15) is 11.4 Å². The van der Waals surface area contributed by atoms with E-state index in [4.69, 9.17) is 0 Å². The van der Waals surface area contributed by atoms with Crippen molar-refractivity contribution in [3.05, 3.63) is 73.3 Å². The highest BCUT2D eigenvalue weighted by Crippen LogP contribution is 2.04. The van der Waals surface area contributed by atoms with Crippen LogP contribution in [0.5, 0.6) is 0 Å². The van der Waals surface area contributed by atoms with Crippen molar-refractivity contribution in [1.29, 1.82) is 0 Å². The molecule has 0 saturated heterocycles. The second kappa shape index (κ2) is 4.22. The van der Waals surface area contributed by atoms with E-state index >= 15 is 0 Å². The first-order chi connectivity index (χ1) is 8.43. The molecule has 0 saturated carbocycles. The Hall–Kier alpha value is -2.42. The molecule has 3 rings (SSSR count). The van der Waals surface area contributed by atoms with Crippen LogP contribution in [0.2, 0.25) is 0 Å². The van der Waals surface area contributed by atoms with Crippen molar-refractivity contribution in [2.75, 3.05) is 0 Å². The largest absolute Gasteiger partial charge is 0.270 e. The van der Waals surface area contributed by atoms with E-state index in [1.165, 1.54) is 0 Å². The van der Waals surface area contributed by atoms with E-state index in [1.807, 2.05) is 70.4 Å².